The van der Waals surface area contributed by atoms with E-state index in [9.17, 15) is 19.2 Å². The normalized spacial score (nSPS) is 21.5. The van der Waals surface area contributed by atoms with E-state index in [2.05, 4.69) is 30.8 Å². The van der Waals surface area contributed by atoms with Gasteiger partial charge in [-0.3, -0.25) is 19.2 Å². The number of nitrogens with one attached hydrogen (secondary N) is 3. The van der Waals surface area contributed by atoms with E-state index in [1.807, 2.05) is 7.05 Å². The summed E-state index contributed by atoms with van der Waals surface area (Å²) in [4.78, 5) is 64.3. The number of halogens is 1. The third-order valence-electron chi connectivity index (χ3n) is 6.56. The number of likely N-dealkylation sites (N-methyl/N-ethyl adjacent to an activating group) is 1. The van der Waals surface area contributed by atoms with Crippen LogP contribution in [0.25, 0.3) is 0 Å². The van der Waals surface area contributed by atoms with Gasteiger partial charge in [-0.25, -0.2) is 9.97 Å². The van der Waals surface area contributed by atoms with Crippen molar-refractivity contribution in [3.05, 3.63) is 38.9 Å². The molecule has 13 heteroatoms. The number of fused-ring (bicyclic) bond motifs is 1. The van der Waals surface area contributed by atoms with Gasteiger partial charge in [-0.2, -0.15) is 0 Å². The van der Waals surface area contributed by atoms with E-state index in [1.54, 1.807) is 20.2 Å². The molecule has 2 aromatic heterocycles. The van der Waals surface area contributed by atoms with Crippen LogP contribution >= 0.6 is 22.9 Å². The molecule has 3 heterocycles. The molecule has 2 aromatic rings. The number of rotatable bonds is 5. The average Bonchev–Trinajstić information content (AvgIpc) is 3.29. The van der Waals surface area contributed by atoms with Gasteiger partial charge in [-0.15, -0.1) is 11.3 Å². The molecule has 0 radical (unpaired) electrons. The first kappa shape index (κ1) is 27.0. The summed E-state index contributed by atoms with van der Waals surface area (Å²) in [6, 6.07) is 1.94. The van der Waals surface area contributed by atoms with E-state index >= 15 is 0 Å². The van der Waals surface area contributed by atoms with Gasteiger partial charge in [0.1, 0.15) is 5.82 Å². The quantitative estimate of drug-likeness (QED) is 0.480. The van der Waals surface area contributed by atoms with Crippen LogP contribution in [0.3, 0.4) is 0 Å². The van der Waals surface area contributed by atoms with E-state index in [1.165, 1.54) is 28.5 Å². The number of hydrogen-bond acceptors (Lipinski definition) is 8. The standard InChI is InChI=1S/C24H30ClN7O4S/c1-31(2)24(36)13-4-6-15(27-22(35)23-29-16-8-9-32(3)12-18(16)37-23)17(10-13)28-20(33)21(34)30-19-7-5-14(25)11-26-19/h5,7,11,13,15,17H,4,6,8-10,12H2,1-3H3,(H,27,35)(H,28,33)(H,26,30,34)/t13-,15-,17+/m0/s1. The minimum absolute atomic E-state index is 0.0597. The Morgan fingerprint density at radius 2 is 1.89 bits per heavy atom. The van der Waals surface area contributed by atoms with Crippen molar-refractivity contribution >= 4 is 52.4 Å². The number of amides is 4. The molecule has 0 saturated heterocycles. The molecule has 0 unspecified atom stereocenters. The molecule has 198 valence electrons. The van der Waals surface area contributed by atoms with E-state index in [4.69, 9.17) is 11.6 Å². The zero-order valence-corrected chi connectivity index (χ0v) is 22.5. The zero-order valence-electron chi connectivity index (χ0n) is 20.9. The molecular weight excluding hydrogens is 518 g/mol. The summed E-state index contributed by atoms with van der Waals surface area (Å²) in [7, 11) is 5.39. The Labute approximate surface area is 224 Å². The van der Waals surface area contributed by atoms with Gasteiger partial charge in [-0.05, 0) is 38.4 Å². The highest BCUT2D eigenvalue weighted by molar-refractivity contribution is 7.13. The summed E-state index contributed by atoms with van der Waals surface area (Å²) < 4.78 is 0. The monoisotopic (exact) mass is 547 g/mol. The average molecular weight is 548 g/mol. The van der Waals surface area contributed by atoms with Crippen molar-refractivity contribution in [2.24, 2.45) is 5.92 Å². The molecule has 1 saturated carbocycles. The maximum atomic E-state index is 13.1. The highest BCUT2D eigenvalue weighted by Crippen LogP contribution is 2.28. The third-order valence-corrected chi connectivity index (χ3v) is 7.87. The smallest absolute Gasteiger partial charge is 0.314 e. The number of nitrogens with zero attached hydrogens (tertiary/aromatic N) is 4. The largest absolute Gasteiger partial charge is 0.349 e. The van der Waals surface area contributed by atoms with E-state index in [0.29, 0.717) is 29.3 Å². The second-order valence-electron chi connectivity index (χ2n) is 9.60. The van der Waals surface area contributed by atoms with Gasteiger partial charge in [0, 0.05) is 56.6 Å². The molecule has 37 heavy (non-hydrogen) atoms. The van der Waals surface area contributed by atoms with Crippen LogP contribution in [0.4, 0.5) is 5.82 Å². The molecule has 1 fully saturated rings. The highest BCUT2D eigenvalue weighted by Gasteiger charge is 2.37. The summed E-state index contributed by atoms with van der Waals surface area (Å²) in [6.45, 7) is 1.65. The molecule has 1 aliphatic carbocycles. The Bertz CT molecular complexity index is 1190. The van der Waals surface area contributed by atoms with E-state index in [-0.39, 0.29) is 23.6 Å². The topological polar surface area (TPSA) is 137 Å². The molecule has 2 aliphatic rings. The fourth-order valence-electron chi connectivity index (χ4n) is 4.60. The van der Waals surface area contributed by atoms with Crippen LogP contribution in [0.5, 0.6) is 0 Å². The van der Waals surface area contributed by atoms with Crippen LogP contribution in [0.2, 0.25) is 5.02 Å². The predicted molar refractivity (Wildman–Crippen MR) is 139 cm³/mol. The Balaban J connectivity index is 1.45. The number of aromatic nitrogens is 2. The van der Waals surface area contributed by atoms with Crippen LogP contribution in [-0.4, -0.2) is 83.2 Å². The van der Waals surface area contributed by atoms with Crippen LogP contribution < -0.4 is 16.0 Å². The summed E-state index contributed by atoms with van der Waals surface area (Å²) in [6.07, 6.45) is 3.46. The van der Waals surface area contributed by atoms with Gasteiger partial charge in [0.15, 0.2) is 5.01 Å². The highest BCUT2D eigenvalue weighted by atomic mass is 35.5. The molecule has 4 rings (SSSR count). The van der Waals surface area contributed by atoms with Crippen molar-refractivity contribution < 1.29 is 19.2 Å². The van der Waals surface area contributed by atoms with Crippen LogP contribution in [0, 0.1) is 5.92 Å². The first-order valence-electron chi connectivity index (χ1n) is 12.0. The van der Waals surface area contributed by atoms with Gasteiger partial charge < -0.3 is 25.8 Å². The Hall–Kier alpha value is -3.09. The lowest BCUT2D eigenvalue weighted by molar-refractivity contribution is -0.138. The lowest BCUT2D eigenvalue weighted by Gasteiger charge is -2.37. The van der Waals surface area contributed by atoms with Gasteiger partial charge in [0.05, 0.1) is 16.8 Å². The second-order valence-corrected chi connectivity index (χ2v) is 11.1. The molecular formula is C24H30ClN7O4S. The minimum Gasteiger partial charge on any atom is -0.349 e. The molecule has 0 aromatic carbocycles. The Morgan fingerprint density at radius 1 is 1.11 bits per heavy atom. The van der Waals surface area contributed by atoms with E-state index in [0.717, 1.165) is 30.1 Å². The maximum Gasteiger partial charge on any atom is 0.314 e. The molecule has 11 nitrogen and oxygen atoms in total. The van der Waals surface area contributed by atoms with Crippen molar-refractivity contribution in [1.82, 2.24) is 30.4 Å². The number of pyridine rings is 1. The van der Waals surface area contributed by atoms with Crippen LogP contribution in [0.1, 0.15) is 39.6 Å². The third kappa shape index (κ3) is 6.62. The number of hydrogen-bond donors (Lipinski definition) is 3. The van der Waals surface area contributed by atoms with Crippen LogP contribution in [-0.2, 0) is 27.3 Å². The minimum atomic E-state index is -0.905. The van der Waals surface area contributed by atoms with Crippen molar-refractivity contribution in [1.29, 1.82) is 0 Å². The van der Waals surface area contributed by atoms with Crippen molar-refractivity contribution in [2.75, 3.05) is 33.0 Å². The van der Waals surface area contributed by atoms with Crippen molar-refractivity contribution in [2.45, 2.75) is 44.3 Å². The van der Waals surface area contributed by atoms with Gasteiger partial charge >= 0.3 is 11.8 Å². The summed E-state index contributed by atoms with van der Waals surface area (Å²) >= 11 is 7.19. The molecule has 4 amide bonds. The maximum absolute atomic E-state index is 13.1. The SMILES string of the molecule is CN1CCc2nc(C(=O)N[C@H]3CC[C@H](C(=O)N(C)C)C[C@H]3NC(=O)C(=O)Nc3ccc(Cl)cn3)sc2C1. The first-order chi connectivity index (χ1) is 17.6. The van der Waals surface area contributed by atoms with Crippen molar-refractivity contribution in [3.8, 4) is 0 Å². The summed E-state index contributed by atoms with van der Waals surface area (Å²) in [5.41, 5.74) is 0.950. The van der Waals surface area contributed by atoms with Crippen molar-refractivity contribution in [3.63, 3.8) is 0 Å². The summed E-state index contributed by atoms with van der Waals surface area (Å²) in [5.74, 6) is -2.33. The number of thiazole rings is 1. The lowest BCUT2D eigenvalue weighted by Crippen LogP contribution is -2.57. The molecule has 1 aliphatic heterocycles. The van der Waals surface area contributed by atoms with E-state index < -0.39 is 23.9 Å². The fourth-order valence-corrected chi connectivity index (χ4v) is 5.80. The fraction of sp³-hybridized carbons (Fsp3) is 0.500. The van der Waals surface area contributed by atoms with Gasteiger partial charge in [0.2, 0.25) is 5.91 Å². The Morgan fingerprint density at radius 3 is 2.59 bits per heavy atom. The summed E-state index contributed by atoms with van der Waals surface area (Å²) in [5, 5.41) is 8.92. The second kappa shape index (κ2) is 11.5. The molecule has 3 atom stereocenters. The molecule has 0 bridgehead atoms. The number of carbonyl (C=O) groups excluding carboxylic acids is 4. The first-order valence-corrected chi connectivity index (χ1v) is 13.2. The number of carbonyl (C=O) groups is 4. The van der Waals surface area contributed by atoms with Gasteiger partial charge in [0.25, 0.3) is 5.91 Å². The lowest BCUT2D eigenvalue weighted by atomic mass is 9.81. The zero-order chi connectivity index (χ0) is 26.7. The molecule has 3 N–H and O–H groups in total. The van der Waals surface area contributed by atoms with Crippen LogP contribution in [0.15, 0.2) is 18.3 Å². The Kier molecular flexibility index (Phi) is 8.40. The van der Waals surface area contributed by atoms with Gasteiger partial charge in [-0.1, -0.05) is 11.6 Å². The molecule has 0 spiro atoms. The predicted octanol–water partition coefficient (Wildman–Crippen LogP) is 1.29. The number of anilines is 1.